The first-order valence-electron chi connectivity index (χ1n) is 13.8. The largest absolute Gasteiger partial charge is 0.480 e. The van der Waals surface area contributed by atoms with Crippen LogP contribution >= 0.6 is 11.6 Å². The molecule has 0 spiro atoms. The fourth-order valence-electron chi connectivity index (χ4n) is 5.45. The molecular weight excluding hydrogens is 605 g/mol. The van der Waals surface area contributed by atoms with Crippen LogP contribution in [0.1, 0.15) is 41.0 Å². The van der Waals surface area contributed by atoms with Crippen LogP contribution in [-0.2, 0) is 32.3 Å². The molecule has 3 aromatic rings. The highest BCUT2D eigenvalue weighted by atomic mass is 35.5. The minimum Gasteiger partial charge on any atom is -0.480 e. The molecule has 0 unspecified atom stereocenters. The summed E-state index contributed by atoms with van der Waals surface area (Å²) in [6.07, 6.45) is -3.69. The van der Waals surface area contributed by atoms with Crippen molar-refractivity contribution in [3.05, 3.63) is 106 Å². The van der Waals surface area contributed by atoms with Gasteiger partial charge in [-0.1, -0.05) is 84.4 Å². The predicted molar refractivity (Wildman–Crippen MR) is 158 cm³/mol. The Morgan fingerprint density at radius 2 is 1.65 bits per heavy atom. The maximum absolute atomic E-state index is 13.6. The highest BCUT2D eigenvalue weighted by Crippen LogP contribution is 2.37. The molecule has 0 saturated carbocycles. The van der Waals surface area contributed by atoms with Gasteiger partial charge in [-0.25, -0.2) is 8.42 Å². The van der Waals surface area contributed by atoms with Crippen LogP contribution in [-0.4, -0.2) is 73.3 Å². The number of halogens is 4. The number of alkyl halides is 3. The zero-order chi connectivity index (χ0) is 31.2. The summed E-state index contributed by atoms with van der Waals surface area (Å²) in [5.41, 5.74) is 1.57. The lowest BCUT2D eigenvalue weighted by Crippen LogP contribution is -2.39. The second-order valence-corrected chi connectivity index (χ2v) is 13.0. The van der Waals surface area contributed by atoms with E-state index < -0.39 is 39.9 Å². The molecule has 7 nitrogen and oxygen atoms in total. The maximum Gasteiger partial charge on any atom is 0.417 e. The zero-order valence-electron chi connectivity index (χ0n) is 23.6. The van der Waals surface area contributed by atoms with Crippen LogP contribution in [0.2, 0.25) is 5.02 Å². The lowest BCUT2D eigenvalue weighted by atomic mass is 9.90. The number of sulfonamides is 1. The Bertz CT molecular complexity index is 1440. The molecule has 0 amide bonds. The number of ether oxygens (including phenoxy) is 1. The van der Waals surface area contributed by atoms with Gasteiger partial charge in [-0.05, 0) is 29.2 Å². The summed E-state index contributed by atoms with van der Waals surface area (Å²) in [7, 11) is -3.72. The molecule has 43 heavy (non-hydrogen) atoms. The molecule has 1 aliphatic rings. The summed E-state index contributed by atoms with van der Waals surface area (Å²) in [5, 5.41) is 9.13. The molecule has 0 aromatic heterocycles. The van der Waals surface area contributed by atoms with Gasteiger partial charge in [0.05, 0.1) is 22.9 Å². The molecule has 0 bridgehead atoms. The highest BCUT2D eigenvalue weighted by Gasteiger charge is 2.42. The normalized spacial score (nSPS) is 18.0. The van der Waals surface area contributed by atoms with Gasteiger partial charge in [0.2, 0.25) is 10.0 Å². The van der Waals surface area contributed by atoms with Crippen LogP contribution in [0.5, 0.6) is 0 Å². The van der Waals surface area contributed by atoms with Gasteiger partial charge in [0, 0.05) is 45.1 Å². The van der Waals surface area contributed by atoms with Crippen molar-refractivity contribution in [2.24, 2.45) is 0 Å². The third-order valence-corrected chi connectivity index (χ3v) is 9.23. The molecule has 232 valence electrons. The van der Waals surface area contributed by atoms with Gasteiger partial charge < -0.3 is 9.84 Å². The zero-order valence-corrected chi connectivity index (χ0v) is 25.2. The molecule has 1 N–H and O–H groups in total. The van der Waals surface area contributed by atoms with E-state index in [2.05, 4.69) is 0 Å². The van der Waals surface area contributed by atoms with E-state index in [4.69, 9.17) is 16.3 Å². The van der Waals surface area contributed by atoms with Crippen molar-refractivity contribution in [1.82, 2.24) is 9.21 Å². The summed E-state index contributed by atoms with van der Waals surface area (Å²) >= 11 is 6.27. The second kappa shape index (κ2) is 14.2. The third kappa shape index (κ3) is 8.79. The first-order chi connectivity index (χ1) is 20.3. The first kappa shape index (κ1) is 32.9. The number of nitrogens with zero attached hydrogens (tertiary/aromatic N) is 2. The van der Waals surface area contributed by atoms with Crippen molar-refractivity contribution in [2.75, 3.05) is 32.5 Å². The van der Waals surface area contributed by atoms with Crippen LogP contribution < -0.4 is 0 Å². The number of carbonyl (C=O) groups is 1. The summed E-state index contributed by atoms with van der Waals surface area (Å²) in [5.74, 6) is -1.31. The van der Waals surface area contributed by atoms with Crippen molar-refractivity contribution >= 4 is 27.6 Å². The lowest BCUT2D eigenvalue weighted by Gasteiger charge is -2.29. The Kier molecular flexibility index (Phi) is 10.9. The topological polar surface area (TPSA) is 87.2 Å². The van der Waals surface area contributed by atoms with Crippen molar-refractivity contribution in [3.63, 3.8) is 0 Å². The SMILES string of the molecule is CS(=O)(=O)N1C[C@@H](OCCCN(Cc2cccc(C(F)(F)F)c2Cl)CC(c2ccccc2)c2ccccc2)C[C@H]1C(=O)O. The van der Waals surface area contributed by atoms with E-state index in [0.29, 0.717) is 25.1 Å². The Morgan fingerprint density at radius 3 is 2.16 bits per heavy atom. The van der Waals surface area contributed by atoms with Crippen LogP contribution in [0, 0.1) is 0 Å². The molecular formula is C31H34ClF3N2O5S. The first-order valence-corrected chi connectivity index (χ1v) is 16.0. The number of benzene rings is 3. The molecule has 1 saturated heterocycles. The van der Waals surface area contributed by atoms with E-state index in [0.717, 1.165) is 27.8 Å². The number of aliphatic carboxylic acids is 1. The summed E-state index contributed by atoms with van der Waals surface area (Å²) in [6, 6.07) is 22.4. The molecule has 3 aromatic carbocycles. The van der Waals surface area contributed by atoms with Crippen LogP contribution in [0.3, 0.4) is 0 Å². The predicted octanol–water partition coefficient (Wildman–Crippen LogP) is 5.89. The molecule has 1 aliphatic heterocycles. The highest BCUT2D eigenvalue weighted by molar-refractivity contribution is 7.88. The fraction of sp³-hybridized carbons (Fsp3) is 0.387. The molecule has 1 fully saturated rings. The second-order valence-electron chi connectivity index (χ2n) is 10.7. The Labute approximate surface area is 254 Å². The van der Waals surface area contributed by atoms with E-state index in [9.17, 15) is 31.5 Å². The van der Waals surface area contributed by atoms with Gasteiger partial charge in [0.1, 0.15) is 6.04 Å². The number of carboxylic acid groups (broad SMARTS) is 1. The maximum atomic E-state index is 13.6. The molecule has 4 rings (SSSR count). The molecule has 0 radical (unpaired) electrons. The summed E-state index contributed by atoms with van der Waals surface area (Å²) < 4.78 is 71.8. The van der Waals surface area contributed by atoms with Gasteiger partial charge in [-0.15, -0.1) is 0 Å². The third-order valence-electron chi connectivity index (χ3n) is 7.52. The Balaban J connectivity index is 1.52. The van der Waals surface area contributed by atoms with Gasteiger partial charge in [-0.3, -0.25) is 9.69 Å². The van der Waals surface area contributed by atoms with Gasteiger partial charge in [0.15, 0.2) is 0 Å². The summed E-state index contributed by atoms with van der Waals surface area (Å²) in [4.78, 5) is 13.6. The van der Waals surface area contributed by atoms with Crippen molar-refractivity contribution < 1.29 is 36.2 Å². The standard InChI is InChI=1S/C31H34ClF3N2O5S/c1-43(40,41)37-20-25(18-28(37)30(38)39)42-17-9-16-36(19-24-14-8-15-27(29(24)32)31(33,34)35)21-26(22-10-4-2-5-11-22)23-12-6-3-7-13-23/h2-8,10-15,25-26,28H,9,16-21H2,1H3,(H,38,39)/t25-,28-/m0/s1. The minimum absolute atomic E-state index is 0.0377. The molecule has 1 heterocycles. The van der Waals surface area contributed by atoms with Crippen LogP contribution in [0.25, 0.3) is 0 Å². The fourth-order valence-corrected chi connectivity index (χ4v) is 6.82. The van der Waals surface area contributed by atoms with Gasteiger partial charge in [-0.2, -0.15) is 17.5 Å². The molecule has 2 atom stereocenters. The van der Waals surface area contributed by atoms with E-state index in [1.807, 2.05) is 65.6 Å². The minimum atomic E-state index is -4.59. The van der Waals surface area contributed by atoms with E-state index >= 15 is 0 Å². The number of rotatable bonds is 13. The van der Waals surface area contributed by atoms with Crippen LogP contribution in [0.4, 0.5) is 13.2 Å². The van der Waals surface area contributed by atoms with E-state index in [-0.39, 0.29) is 37.1 Å². The Morgan fingerprint density at radius 1 is 1.05 bits per heavy atom. The quantitative estimate of drug-likeness (QED) is 0.235. The number of carboxylic acids is 1. The average molecular weight is 639 g/mol. The number of hydrogen-bond donors (Lipinski definition) is 1. The lowest BCUT2D eigenvalue weighted by molar-refractivity contribution is -0.141. The van der Waals surface area contributed by atoms with Gasteiger partial charge in [0.25, 0.3) is 0 Å². The van der Waals surface area contributed by atoms with Crippen LogP contribution in [0.15, 0.2) is 78.9 Å². The summed E-state index contributed by atoms with van der Waals surface area (Å²) in [6.45, 7) is 1.23. The smallest absolute Gasteiger partial charge is 0.417 e. The Hall–Kier alpha value is -2.96. The van der Waals surface area contributed by atoms with Gasteiger partial charge >= 0.3 is 12.1 Å². The van der Waals surface area contributed by atoms with E-state index in [1.54, 1.807) is 6.07 Å². The monoisotopic (exact) mass is 638 g/mol. The van der Waals surface area contributed by atoms with E-state index in [1.165, 1.54) is 6.07 Å². The van der Waals surface area contributed by atoms with Crippen molar-refractivity contribution in [2.45, 2.75) is 43.6 Å². The average Bonchev–Trinajstić information content (AvgIpc) is 3.41. The van der Waals surface area contributed by atoms with Crippen molar-refractivity contribution in [1.29, 1.82) is 0 Å². The number of hydrogen-bond acceptors (Lipinski definition) is 5. The molecule has 12 heteroatoms. The molecule has 0 aliphatic carbocycles. The van der Waals surface area contributed by atoms with Crippen molar-refractivity contribution in [3.8, 4) is 0 Å².